The minimum atomic E-state index is -0.510. The van der Waals surface area contributed by atoms with Crippen LogP contribution in [0.1, 0.15) is 18.5 Å². The molecule has 0 amide bonds. The number of hydrogen-bond donors (Lipinski definition) is 0. The normalized spacial score (nSPS) is 12.8. The van der Waals surface area contributed by atoms with Gasteiger partial charge in [-0.1, -0.05) is 29.3 Å². The zero-order valence-electron chi connectivity index (χ0n) is 13.0. The highest BCUT2D eigenvalue weighted by molar-refractivity contribution is 9.10. The Balaban J connectivity index is 2.33. The molecule has 2 aromatic heterocycles. The summed E-state index contributed by atoms with van der Waals surface area (Å²) in [7, 11) is 3.29. The third-order valence-corrected chi connectivity index (χ3v) is 5.52. The van der Waals surface area contributed by atoms with Gasteiger partial charge in [0.25, 0.3) is 5.56 Å². The van der Waals surface area contributed by atoms with E-state index in [0.717, 1.165) is 0 Å². The Morgan fingerprint density at radius 3 is 2.42 bits per heavy atom. The van der Waals surface area contributed by atoms with Crippen LogP contribution in [0.5, 0.6) is 0 Å². The van der Waals surface area contributed by atoms with E-state index in [1.165, 1.54) is 9.13 Å². The van der Waals surface area contributed by atoms with Gasteiger partial charge in [0.2, 0.25) is 0 Å². The van der Waals surface area contributed by atoms with E-state index >= 15 is 0 Å². The molecule has 0 aliphatic heterocycles. The van der Waals surface area contributed by atoms with Gasteiger partial charge in [0, 0.05) is 14.1 Å². The first-order valence-corrected chi connectivity index (χ1v) is 8.57. The van der Waals surface area contributed by atoms with E-state index in [4.69, 9.17) is 23.2 Å². The smallest absolute Gasteiger partial charge is 0.316 e. The molecule has 0 saturated carbocycles. The molecule has 0 fully saturated rings. The van der Waals surface area contributed by atoms with E-state index in [1.807, 2.05) is 0 Å². The lowest BCUT2D eigenvalue weighted by molar-refractivity contribution is 0.558. The highest BCUT2D eigenvalue weighted by atomic mass is 79.9. The molecule has 6 nitrogen and oxygen atoms in total. The number of rotatable bonds is 2. The summed E-state index contributed by atoms with van der Waals surface area (Å²) in [5, 5.41) is 0.786. The minimum absolute atomic E-state index is 0.331. The number of halogens is 3. The molecular formula is C15H13BrCl2N4O2. The number of fused-ring (bicyclic) bond motifs is 1. The van der Waals surface area contributed by atoms with Crippen molar-refractivity contribution in [2.24, 2.45) is 14.1 Å². The molecule has 1 aromatic carbocycles. The van der Waals surface area contributed by atoms with Gasteiger partial charge >= 0.3 is 5.69 Å². The Kier molecular flexibility index (Phi) is 4.36. The van der Waals surface area contributed by atoms with Crippen molar-refractivity contribution < 1.29 is 0 Å². The van der Waals surface area contributed by atoms with Crippen molar-refractivity contribution in [1.82, 2.24) is 18.7 Å². The van der Waals surface area contributed by atoms with Crippen LogP contribution in [0.15, 0.2) is 32.5 Å². The van der Waals surface area contributed by atoms with Crippen molar-refractivity contribution in [1.29, 1.82) is 0 Å². The molecule has 126 valence electrons. The van der Waals surface area contributed by atoms with Crippen molar-refractivity contribution in [3.63, 3.8) is 0 Å². The summed E-state index contributed by atoms with van der Waals surface area (Å²) in [4.78, 5) is 29.8. The number of benzene rings is 1. The summed E-state index contributed by atoms with van der Waals surface area (Å²) < 4.78 is 4.63. The van der Waals surface area contributed by atoms with Gasteiger partial charge in [-0.25, -0.2) is 9.78 Å². The zero-order chi connectivity index (χ0) is 17.8. The van der Waals surface area contributed by atoms with E-state index < -0.39 is 17.3 Å². The Hall–Kier alpha value is -1.57. The Labute approximate surface area is 155 Å². The average molecular weight is 432 g/mol. The highest BCUT2D eigenvalue weighted by Gasteiger charge is 2.21. The summed E-state index contributed by atoms with van der Waals surface area (Å²) in [5.41, 5.74) is 0.529. The molecule has 1 atom stereocenters. The summed E-state index contributed by atoms with van der Waals surface area (Å²) >= 11 is 15.3. The quantitative estimate of drug-likeness (QED) is 0.585. The van der Waals surface area contributed by atoms with Crippen molar-refractivity contribution >= 4 is 50.3 Å². The molecule has 0 bridgehead atoms. The maximum Gasteiger partial charge on any atom is 0.333 e. The fourth-order valence-corrected chi connectivity index (χ4v) is 3.30. The number of aryl methyl sites for hydroxylation is 2. The fourth-order valence-electron chi connectivity index (χ4n) is 2.65. The van der Waals surface area contributed by atoms with Crippen LogP contribution in [0.2, 0.25) is 10.0 Å². The van der Waals surface area contributed by atoms with E-state index in [1.54, 1.807) is 43.8 Å². The SMILES string of the molecule is CC(c1ccc(Cl)c(Cl)c1)n1c(=O)c2c(nc(Br)n2C)n(C)c1=O. The van der Waals surface area contributed by atoms with E-state index in [9.17, 15) is 9.59 Å². The molecule has 0 spiro atoms. The van der Waals surface area contributed by atoms with Crippen LogP contribution in [0.25, 0.3) is 11.2 Å². The molecule has 1 unspecified atom stereocenters. The van der Waals surface area contributed by atoms with Gasteiger partial charge in [0.1, 0.15) is 0 Å². The largest absolute Gasteiger partial charge is 0.333 e. The Morgan fingerprint density at radius 2 is 1.79 bits per heavy atom. The molecule has 9 heteroatoms. The van der Waals surface area contributed by atoms with Crippen molar-refractivity contribution in [3.8, 4) is 0 Å². The van der Waals surface area contributed by atoms with Crippen LogP contribution in [0, 0.1) is 0 Å². The Bertz CT molecular complexity index is 1080. The zero-order valence-corrected chi connectivity index (χ0v) is 16.1. The van der Waals surface area contributed by atoms with Crippen LogP contribution in [0.3, 0.4) is 0 Å². The van der Waals surface area contributed by atoms with Crippen molar-refractivity contribution in [2.75, 3.05) is 0 Å². The van der Waals surface area contributed by atoms with Gasteiger partial charge in [0.15, 0.2) is 15.9 Å². The second-order valence-electron chi connectivity index (χ2n) is 5.48. The lowest BCUT2D eigenvalue weighted by Gasteiger charge is -2.16. The van der Waals surface area contributed by atoms with Crippen LogP contribution < -0.4 is 11.2 Å². The molecule has 3 rings (SSSR count). The minimum Gasteiger partial charge on any atom is -0.316 e. The second-order valence-corrected chi connectivity index (χ2v) is 7.00. The second kappa shape index (κ2) is 6.06. The first-order chi connectivity index (χ1) is 11.2. The van der Waals surface area contributed by atoms with E-state index in [-0.39, 0.29) is 0 Å². The molecule has 0 N–H and O–H groups in total. The van der Waals surface area contributed by atoms with E-state index in [0.29, 0.717) is 31.5 Å². The van der Waals surface area contributed by atoms with Crippen molar-refractivity contribution in [2.45, 2.75) is 13.0 Å². The molecule has 3 aromatic rings. The van der Waals surface area contributed by atoms with Crippen molar-refractivity contribution in [3.05, 3.63) is 59.4 Å². The first-order valence-electron chi connectivity index (χ1n) is 7.02. The van der Waals surface area contributed by atoms with Gasteiger partial charge in [-0.3, -0.25) is 13.9 Å². The summed E-state index contributed by atoms with van der Waals surface area (Å²) in [6, 6.07) is 4.53. The predicted molar refractivity (Wildman–Crippen MR) is 98.2 cm³/mol. The number of imidazole rings is 1. The number of hydrogen-bond acceptors (Lipinski definition) is 3. The van der Waals surface area contributed by atoms with E-state index in [2.05, 4.69) is 20.9 Å². The van der Waals surface area contributed by atoms with Gasteiger partial charge in [-0.15, -0.1) is 0 Å². The first kappa shape index (κ1) is 17.3. The van der Waals surface area contributed by atoms with Gasteiger partial charge < -0.3 is 4.57 Å². The van der Waals surface area contributed by atoms with Gasteiger partial charge in [-0.05, 0) is 40.5 Å². The monoisotopic (exact) mass is 430 g/mol. The molecule has 0 aliphatic carbocycles. The summed E-state index contributed by atoms with van der Waals surface area (Å²) in [6.45, 7) is 1.76. The summed E-state index contributed by atoms with van der Waals surface area (Å²) in [5.74, 6) is 0. The lowest BCUT2D eigenvalue weighted by Crippen LogP contribution is -2.41. The maximum absolute atomic E-state index is 12.9. The molecule has 0 radical (unpaired) electrons. The Morgan fingerprint density at radius 1 is 1.12 bits per heavy atom. The fraction of sp³-hybridized carbons (Fsp3) is 0.267. The predicted octanol–water partition coefficient (Wildman–Crippen LogP) is 3.11. The maximum atomic E-state index is 12.9. The van der Waals surface area contributed by atoms with Gasteiger partial charge in [0.05, 0.1) is 16.1 Å². The third kappa shape index (κ3) is 2.51. The standard InChI is InChI=1S/C15H13BrCl2N4O2/c1-7(8-4-5-9(17)10(18)6-8)22-13(23)11-12(21(3)15(22)24)19-14(16)20(11)2/h4-7H,1-3H3. The molecule has 2 heterocycles. The third-order valence-electron chi connectivity index (χ3n) is 4.07. The number of aromatic nitrogens is 4. The molecule has 0 aliphatic rings. The molecular weight excluding hydrogens is 419 g/mol. The molecule has 24 heavy (non-hydrogen) atoms. The van der Waals surface area contributed by atoms with Crippen LogP contribution in [-0.2, 0) is 14.1 Å². The average Bonchev–Trinajstić information content (AvgIpc) is 2.84. The van der Waals surface area contributed by atoms with Crippen LogP contribution in [0.4, 0.5) is 0 Å². The van der Waals surface area contributed by atoms with Crippen LogP contribution >= 0.6 is 39.1 Å². The summed E-state index contributed by atoms with van der Waals surface area (Å²) in [6.07, 6.45) is 0. The topological polar surface area (TPSA) is 61.8 Å². The lowest BCUT2D eigenvalue weighted by atomic mass is 10.1. The van der Waals surface area contributed by atoms with Gasteiger partial charge in [-0.2, -0.15) is 0 Å². The van der Waals surface area contributed by atoms with Crippen LogP contribution in [-0.4, -0.2) is 18.7 Å². The number of nitrogens with zero attached hydrogens (tertiary/aromatic N) is 4. The highest BCUT2D eigenvalue weighted by Crippen LogP contribution is 2.26. The molecule has 0 saturated heterocycles.